The summed E-state index contributed by atoms with van der Waals surface area (Å²) in [5, 5.41) is 4.18. The van der Waals surface area contributed by atoms with E-state index in [0.717, 1.165) is 49.4 Å². The van der Waals surface area contributed by atoms with Gasteiger partial charge in [-0.25, -0.2) is 4.98 Å². The van der Waals surface area contributed by atoms with Gasteiger partial charge in [0.25, 0.3) is 0 Å². The monoisotopic (exact) mass is 298 g/mol. The van der Waals surface area contributed by atoms with Crippen LogP contribution in [0.5, 0.6) is 0 Å². The van der Waals surface area contributed by atoms with Crippen molar-refractivity contribution in [3.63, 3.8) is 0 Å². The van der Waals surface area contributed by atoms with Crippen molar-refractivity contribution in [2.45, 2.75) is 6.42 Å². The van der Waals surface area contributed by atoms with Crippen LogP contribution in [0.4, 0.5) is 5.82 Å². The van der Waals surface area contributed by atoms with Crippen LogP contribution in [-0.4, -0.2) is 55.6 Å². The Morgan fingerprint density at radius 2 is 1.91 bits per heavy atom. The maximum Gasteiger partial charge on any atom is 0.223 e. The number of fused-ring (bicyclic) bond motifs is 1. The normalized spacial score (nSPS) is 15.3. The summed E-state index contributed by atoms with van der Waals surface area (Å²) in [6.45, 7) is 3.98. The summed E-state index contributed by atoms with van der Waals surface area (Å²) in [5.74, 6) is 1.24. The lowest BCUT2D eigenvalue weighted by Gasteiger charge is -2.35. The van der Waals surface area contributed by atoms with E-state index in [0.29, 0.717) is 6.42 Å². The van der Waals surface area contributed by atoms with Crippen LogP contribution >= 0.6 is 0 Å². The minimum absolute atomic E-state index is 0.237. The first-order chi connectivity index (χ1) is 10.8. The van der Waals surface area contributed by atoms with Crippen LogP contribution < -0.4 is 10.2 Å². The molecule has 1 N–H and O–H groups in total. The molecule has 2 heterocycles. The van der Waals surface area contributed by atoms with E-state index in [1.54, 1.807) is 0 Å². The summed E-state index contributed by atoms with van der Waals surface area (Å²) in [6.07, 6.45) is 0.574. The number of pyridine rings is 1. The number of rotatable bonds is 4. The molecule has 1 aliphatic rings. The summed E-state index contributed by atoms with van der Waals surface area (Å²) in [6, 6.07) is 12.3. The van der Waals surface area contributed by atoms with E-state index in [-0.39, 0.29) is 5.91 Å². The molecule has 0 spiro atoms. The number of nitrogens with zero attached hydrogens (tertiary/aromatic N) is 3. The van der Waals surface area contributed by atoms with Crippen molar-refractivity contribution in [1.29, 1.82) is 0 Å². The standard InChI is InChI=1S/C17H22N4O/c1-18-9-8-17(22)21-12-10-20(11-13-21)16-7-6-14-4-2-3-5-15(14)19-16/h2-7,18H,8-13H2,1H3. The molecule has 5 nitrogen and oxygen atoms in total. The Morgan fingerprint density at radius 1 is 1.14 bits per heavy atom. The Labute approximate surface area is 130 Å². The molecule has 0 unspecified atom stereocenters. The third-order valence-electron chi connectivity index (χ3n) is 4.13. The number of benzene rings is 1. The smallest absolute Gasteiger partial charge is 0.223 e. The summed E-state index contributed by atoms with van der Waals surface area (Å²) in [4.78, 5) is 21.0. The Hall–Kier alpha value is -2.14. The zero-order valence-electron chi connectivity index (χ0n) is 13.0. The summed E-state index contributed by atoms with van der Waals surface area (Å²) >= 11 is 0. The van der Waals surface area contributed by atoms with Gasteiger partial charge in [-0.15, -0.1) is 0 Å². The number of carbonyl (C=O) groups is 1. The lowest BCUT2D eigenvalue weighted by atomic mass is 10.2. The molecule has 0 radical (unpaired) electrons. The first kappa shape index (κ1) is 14.8. The average molecular weight is 298 g/mol. The number of piperazine rings is 1. The first-order valence-corrected chi connectivity index (χ1v) is 7.81. The molecule has 1 amide bonds. The van der Waals surface area contributed by atoms with Crippen LogP contribution in [0.25, 0.3) is 10.9 Å². The van der Waals surface area contributed by atoms with E-state index >= 15 is 0 Å². The predicted molar refractivity (Wildman–Crippen MR) is 89.1 cm³/mol. The van der Waals surface area contributed by atoms with Gasteiger partial charge in [-0.3, -0.25) is 4.79 Å². The topological polar surface area (TPSA) is 48.5 Å². The molecule has 1 fully saturated rings. The highest BCUT2D eigenvalue weighted by Gasteiger charge is 2.21. The zero-order chi connectivity index (χ0) is 15.4. The maximum absolute atomic E-state index is 12.0. The second-order valence-corrected chi connectivity index (χ2v) is 5.58. The molecule has 0 bridgehead atoms. The molecule has 1 aliphatic heterocycles. The molecule has 5 heteroatoms. The second-order valence-electron chi connectivity index (χ2n) is 5.58. The van der Waals surface area contributed by atoms with Gasteiger partial charge in [-0.1, -0.05) is 18.2 Å². The third kappa shape index (κ3) is 3.20. The number of hydrogen-bond acceptors (Lipinski definition) is 4. The summed E-state index contributed by atoms with van der Waals surface area (Å²) in [5.41, 5.74) is 1.02. The van der Waals surface area contributed by atoms with Gasteiger partial charge in [0.1, 0.15) is 5.82 Å². The Morgan fingerprint density at radius 3 is 2.68 bits per heavy atom. The average Bonchev–Trinajstić information content (AvgIpc) is 2.59. The van der Waals surface area contributed by atoms with Crippen molar-refractivity contribution in [2.75, 3.05) is 44.7 Å². The minimum Gasteiger partial charge on any atom is -0.353 e. The summed E-state index contributed by atoms with van der Waals surface area (Å²) in [7, 11) is 1.87. The Bertz CT molecular complexity index is 650. The number of carbonyl (C=O) groups excluding carboxylic acids is 1. The maximum atomic E-state index is 12.0. The molecule has 0 aliphatic carbocycles. The van der Waals surface area contributed by atoms with Gasteiger partial charge < -0.3 is 15.1 Å². The number of aromatic nitrogens is 1. The molecule has 1 aromatic heterocycles. The Balaban J connectivity index is 1.63. The highest BCUT2D eigenvalue weighted by molar-refractivity contribution is 5.80. The van der Waals surface area contributed by atoms with Gasteiger partial charge in [0, 0.05) is 44.5 Å². The summed E-state index contributed by atoms with van der Waals surface area (Å²) < 4.78 is 0. The van der Waals surface area contributed by atoms with Crippen LogP contribution in [0.15, 0.2) is 36.4 Å². The quantitative estimate of drug-likeness (QED) is 0.929. The van der Waals surface area contributed by atoms with Crippen molar-refractivity contribution >= 4 is 22.6 Å². The van der Waals surface area contributed by atoms with Gasteiger partial charge in [0.15, 0.2) is 0 Å². The fourth-order valence-corrected chi connectivity index (χ4v) is 2.81. The molecule has 2 aromatic rings. The Kier molecular flexibility index (Phi) is 4.53. The fraction of sp³-hybridized carbons (Fsp3) is 0.412. The second kappa shape index (κ2) is 6.75. The van der Waals surface area contributed by atoms with Crippen molar-refractivity contribution in [3.8, 4) is 0 Å². The van der Waals surface area contributed by atoms with Crippen LogP contribution in [0.2, 0.25) is 0 Å². The number of amides is 1. The van der Waals surface area contributed by atoms with Gasteiger partial charge in [-0.05, 0) is 25.2 Å². The van der Waals surface area contributed by atoms with E-state index in [1.165, 1.54) is 0 Å². The highest BCUT2D eigenvalue weighted by atomic mass is 16.2. The molecule has 0 saturated carbocycles. The SMILES string of the molecule is CNCCC(=O)N1CCN(c2ccc3ccccc3n2)CC1. The lowest BCUT2D eigenvalue weighted by molar-refractivity contribution is -0.131. The number of para-hydroxylation sites is 1. The molecule has 116 valence electrons. The largest absolute Gasteiger partial charge is 0.353 e. The molecule has 1 aromatic carbocycles. The van der Waals surface area contributed by atoms with Gasteiger partial charge in [0.2, 0.25) is 5.91 Å². The molecule has 22 heavy (non-hydrogen) atoms. The lowest BCUT2D eigenvalue weighted by Crippen LogP contribution is -2.49. The fourth-order valence-electron chi connectivity index (χ4n) is 2.81. The minimum atomic E-state index is 0.237. The third-order valence-corrected chi connectivity index (χ3v) is 4.13. The predicted octanol–water partition coefficient (Wildman–Crippen LogP) is 1.49. The van der Waals surface area contributed by atoms with E-state index < -0.39 is 0 Å². The van der Waals surface area contributed by atoms with Gasteiger partial charge >= 0.3 is 0 Å². The van der Waals surface area contributed by atoms with Crippen LogP contribution in [0.3, 0.4) is 0 Å². The van der Waals surface area contributed by atoms with Crippen LogP contribution in [0.1, 0.15) is 6.42 Å². The van der Waals surface area contributed by atoms with Crippen molar-refractivity contribution in [2.24, 2.45) is 0 Å². The van der Waals surface area contributed by atoms with E-state index in [9.17, 15) is 4.79 Å². The highest BCUT2D eigenvalue weighted by Crippen LogP contribution is 2.19. The van der Waals surface area contributed by atoms with Gasteiger partial charge in [0.05, 0.1) is 5.52 Å². The van der Waals surface area contributed by atoms with E-state index in [2.05, 4.69) is 28.4 Å². The van der Waals surface area contributed by atoms with Gasteiger partial charge in [-0.2, -0.15) is 0 Å². The first-order valence-electron chi connectivity index (χ1n) is 7.81. The van der Waals surface area contributed by atoms with Crippen molar-refractivity contribution in [1.82, 2.24) is 15.2 Å². The molecular formula is C17H22N4O. The molecule has 0 atom stereocenters. The van der Waals surface area contributed by atoms with Crippen LogP contribution in [-0.2, 0) is 4.79 Å². The number of nitrogens with one attached hydrogen (secondary N) is 1. The number of hydrogen-bond donors (Lipinski definition) is 1. The van der Waals surface area contributed by atoms with E-state index in [1.807, 2.05) is 30.1 Å². The molecule has 1 saturated heterocycles. The van der Waals surface area contributed by atoms with Crippen molar-refractivity contribution in [3.05, 3.63) is 36.4 Å². The van der Waals surface area contributed by atoms with Crippen molar-refractivity contribution < 1.29 is 4.79 Å². The van der Waals surface area contributed by atoms with Crippen LogP contribution in [0, 0.1) is 0 Å². The number of anilines is 1. The molecule has 3 rings (SSSR count). The van der Waals surface area contributed by atoms with E-state index in [4.69, 9.17) is 4.98 Å². The zero-order valence-corrected chi connectivity index (χ0v) is 13.0. The molecular weight excluding hydrogens is 276 g/mol.